The second kappa shape index (κ2) is 14.0. The standard InChI is InChI=1S/C28H30Cl3N3O4S/c1-32-28(36)26(18-20-7-4-3-5-8-20)33(19-21-10-15-24(30)25(31)17-21)27(35)9-6-16-34(39(2,37)38)23-13-11-22(29)12-14-23/h3-5,7-8,10-15,17,26H,6,9,16,18-19H2,1-2H3,(H,32,36)/t26-/m1/s1. The number of anilines is 1. The van der Waals surface area contributed by atoms with Crippen LogP contribution in [0.4, 0.5) is 5.69 Å². The molecule has 39 heavy (non-hydrogen) atoms. The van der Waals surface area contributed by atoms with Gasteiger partial charge in [-0.05, 0) is 53.9 Å². The minimum Gasteiger partial charge on any atom is -0.357 e. The van der Waals surface area contributed by atoms with Crippen molar-refractivity contribution in [2.75, 3.05) is 24.2 Å². The third-order valence-corrected chi connectivity index (χ3v) is 8.31. The van der Waals surface area contributed by atoms with Crippen molar-refractivity contribution in [2.24, 2.45) is 0 Å². The first kappa shape index (κ1) is 30.8. The minimum atomic E-state index is -3.61. The highest BCUT2D eigenvalue weighted by Crippen LogP contribution is 2.25. The Morgan fingerprint density at radius 2 is 1.56 bits per heavy atom. The molecule has 1 N–H and O–H groups in total. The summed E-state index contributed by atoms with van der Waals surface area (Å²) in [4.78, 5) is 28.2. The summed E-state index contributed by atoms with van der Waals surface area (Å²) in [6.07, 6.45) is 1.66. The Bertz CT molecular complexity index is 1390. The van der Waals surface area contributed by atoms with Crippen molar-refractivity contribution in [3.63, 3.8) is 0 Å². The quantitative estimate of drug-likeness (QED) is 0.290. The van der Waals surface area contributed by atoms with E-state index >= 15 is 0 Å². The Hall–Kier alpha value is -2.78. The average Bonchev–Trinajstić information content (AvgIpc) is 2.90. The van der Waals surface area contributed by atoms with E-state index in [4.69, 9.17) is 34.8 Å². The molecule has 0 radical (unpaired) electrons. The van der Waals surface area contributed by atoms with Crippen LogP contribution in [0.5, 0.6) is 0 Å². The van der Waals surface area contributed by atoms with Crippen LogP contribution in [-0.2, 0) is 32.6 Å². The monoisotopic (exact) mass is 609 g/mol. The van der Waals surface area contributed by atoms with E-state index in [-0.39, 0.29) is 37.7 Å². The largest absolute Gasteiger partial charge is 0.357 e. The van der Waals surface area contributed by atoms with Gasteiger partial charge >= 0.3 is 0 Å². The lowest BCUT2D eigenvalue weighted by Gasteiger charge is -2.31. The van der Waals surface area contributed by atoms with Gasteiger partial charge in [-0.3, -0.25) is 13.9 Å². The number of hydrogen-bond donors (Lipinski definition) is 1. The molecular weight excluding hydrogens is 581 g/mol. The van der Waals surface area contributed by atoms with Crippen molar-refractivity contribution >= 4 is 62.3 Å². The molecule has 2 amide bonds. The van der Waals surface area contributed by atoms with Crippen LogP contribution in [-0.4, -0.2) is 51.0 Å². The maximum atomic E-state index is 13.7. The van der Waals surface area contributed by atoms with Crippen molar-refractivity contribution in [1.29, 1.82) is 0 Å². The average molecular weight is 611 g/mol. The summed E-state index contributed by atoms with van der Waals surface area (Å²) in [6.45, 7) is 0.198. The third kappa shape index (κ3) is 8.86. The summed E-state index contributed by atoms with van der Waals surface area (Å²) in [5.74, 6) is -0.610. The Balaban J connectivity index is 1.86. The van der Waals surface area contributed by atoms with Crippen LogP contribution in [0.3, 0.4) is 0 Å². The van der Waals surface area contributed by atoms with E-state index in [1.165, 1.54) is 16.3 Å². The Morgan fingerprint density at radius 1 is 0.897 bits per heavy atom. The number of likely N-dealkylation sites (N-methyl/N-ethyl adjacent to an activating group) is 1. The smallest absolute Gasteiger partial charge is 0.242 e. The van der Waals surface area contributed by atoms with Crippen LogP contribution in [0, 0.1) is 0 Å². The number of nitrogens with one attached hydrogen (secondary N) is 1. The van der Waals surface area contributed by atoms with Crippen molar-refractivity contribution in [2.45, 2.75) is 31.8 Å². The van der Waals surface area contributed by atoms with Gasteiger partial charge in [-0.25, -0.2) is 8.42 Å². The lowest BCUT2D eigenvalue weighted by molar-refractivity contribution is -0.141. The Labute approximate surface area is 244 Å². The normalized spacial score (nSPS) is 12.0. The number of carbonyl (C=O) groups excluding carboxylic acids is 2. The number of sulfonamides is 1. The number of carbonyl (C=O) groups is 2. The van der Waals surface area contributed by atoms with E-state index in [1.807, 2.05) is 30.3 Å². The molecule has 0 aliphatic heterocycles. The van der Waals surface area contributed by atoms with Crippen LogP contribution in [0.25, 0.3) is 0 Å². The Kier molecular flexibility index (Phi) is 11.1. The van der Waals surface area contributed by atoms with Gasteiger partial charge in [0.05, 0.1) is 22.0 Å². The molecular formula is C28H30Cl3N3O4S. The summed E-state index contributed by atoms with van der Waals surface area (Å²) >= 11 is 18.3. The highest BCUT2D eigenvalue weighted by Gasteiger charge is 2.30. The summed E-state index contributed by atoms with van der Waals surface area (Å²) in [6, 6.07) is 20.1. The molecule has 0 heterocycles. The van der Waals surface area contributed by atoms with E-state index in [0.717, 1.165) is 11.8 Å². The molecule has 3 aromatic carbocycles. The van der Waals surface area contributed by atoms with Crippen LogP contribution in [0.2, 0.25) is 15.1 Å². The van der Waals surface area contributed by atoms with Crippen LogP contribution < -0.4 is 9.62 Å². The van der Waals surface area contributed by atoms with Crippen LogP contribution in [0.1, 0.15) is 24.0 Å². The van der Waals surface area contributed by atoms with Gasteiger partial charge in [-0.1, -0.05) is 71.2 Å². The SMILES string of the molecule is CNC(=O)[C@@H](Cc1ccccc1)N(Cc1ccc(Cl)c(Cl)c1)C(=O)CCCN(c1ccc(Cl)cc1)S(C)(=O)=O. The predicted octanol–water partition coefficient (Wildman–Crippen LogP) is 5.58. The van der Waals surface area contributed by atoms with Gasteiger partial charge in [0.2, 0.25) is 21.8 Å². The van der Waals surface area contributed by atoms with Crippen LogP contribution >= 0.6 is 34.8 Å². The summed E-state index contributed by atoms with van der Waals surface area (Å²) in [7, 11) is -2.08. The van der Waals surface area contributed by atoms with Gasteiger partial charge < -0.3 is 10.2 Å². The van der Waals surface area contributed by atoms with Gasteiger partial charge in [0, 0.05) is 38.0 Å². The second-order valence-corrected chi connectivity index (χ2v) is 12.2. The molecule has 0 aliphatic carbocycles. The molecule has 0 spiro atoms. The zero-order valence-corrected chi connectivity index (χ0v) is 24.7. The first-order chi connectivity index (χ1) is 18.5. The number of amides is 2. The van der Waals surface area contributed by atoms with E-state index in [9.17, 15) is 18.0 Å². The lowest BCUT2D eigenvalue weighted by atomic mass is 10.0. The maximum Gasteiger partial charge on any atom is 0.242 e. The predicted molar refractivity (Wildman–Crippen MR) is 158 cm³/mol. The van der Waals surface area contributed by atoms with E-state index in [2.05, 4.69) is 5.32 Å². The van der Waals surface area contributed by atoms with Gasteiger partial charge in [0.1, 0.15) is 6.04 Å². The number of benzene rings is 3. The minimum absolute atomic E-state index is 0.0171. The number of halogens is 3. The second-order valence-electron chi connectivity index (χ2n) is 9.00. The number of rotatable bonds is 12. The number of nitrogens with zero attached hydrogens (tertiary/aromatic N) is 2. The topological polar surface area (TPSA) is 86.8 Å². The highest BCUT2D eigenvalue weighted by molar-refractivity contribution is 7.92. The fourth-order valence-electron chi connectivity index (χ4n) is 4.17. The highest BCUT2D eigenvalue weighted by atomic mass is 35.5. The summed E-state index contributed by atoms with van der Waals surface area (Å²) in [5, 5.41) is 3.88. The van der Waals surface area contributed by atoms with Crippen LogP contribution in [0.15, 0.2) is 72.8 Å². The molecule has 0 fully saturated rings. The molecule has 3 rings (SSSR count). The molecule has 7 nitrogen and oxygen atoms in total. The molecule has 208 valence electrons. The van der Waals surface area contributed by atoms with Crippen molar-refractivity contribution in [1.82, 2.24) is 10.2 Å². The molecule has 3 aromatic rings. The molecule has 0 saturated heterocycles. The molecule has 0 unspecified atom stereocenters. The van der Waals surface area contributed by atoms with Crippen molar-refractivity contribution in [3.8, 4) is 0 Å². The molecule has 11 heteroatoms. The van der Waals surface area contributed by atoms with Gasteiger partial charge in [0.25, 0.3) is 0 Å². The van der Waals surface area contributed by atoms with Gasteiger partial charge in [0.15, 0.2) is 0 Å². The van der Waals surface area contributed by atoms with Crippen molar-refractivity contribution < 1.29 is 18.0 Å². The van der Waals surface area contributed by atoms with Gasteiger partial charge in [-0.15, -0.1) is 0 Å². The molecule has 0 bridgehead atoms. The molecule has 0 aliphatic rings. The zero-order valence-electron chi connectivity index (χ0n) is 21.6. The first-order valence-electron chi connectivity index (χ1n) is 12.2. The zero-order chi connectivity index (χ0) is 28.6. The fourth-order valence-corrected chi connectivity index (χ4v) is 5.58. The molecule has 1 atom stereocenters. The van der Waals surface area contributed by atoms with Crippen molar-refractivity contribution in [3.05, 3.63) is 99.0 Å². The van der Waals surface area contributed by atoms with E-state index in [1.54, 1.807) is 42.5 Å². The summed E-state index contributed by atoms with van der Waals surface area (Å²) in [5.41, 5.74) is 2.05. The number of hydrogen-bond acceptors (Lipinski definition) is 4. The first-order valence-corrected chi connectivity index (χ1v) is 15.2. The fraction of sp³-hybridized carbons (Fsp3) is 0.286. The summed E-state index contributed by atoms with van der Waals surface area (Å²) < 4.78 is 26.2. The molecule has 0 aromatic heterocycles. The van der Waals surface area contributed by atoms with E-state index < -0.39 is 16.1 Å². The lowest BCUT2D eigenvalue weighted by Crippen LogP contribution is -2.49. The van der Waals surface area contributed by atoms with E-state index in [0.29, 0.717) is 32.7 Å². The molecule has 0 saturated carbocycles. The maximum absolute atomic E-state index is 13.7. The Morgan fingerprint density at radius 3 is 2.15 bits per heavy atom. The van der Waals surface area contributed by atoms with Gasteiger partial charge in [-0.2, -0.15) is 0 Å². The third-order valence-electron chi connectivity index (χ3n) is 6.12.